The van der Waals surface area contributed by atoms with Gasteiger partial charge in [-0.3, -0.25) is 18.9 Å². The average molecular weight is 365 g/mol. The Balaban J connectivity index is 1.33. The van der Waals surface area contributed by atoms with Crippen LogP contribution in [0.2, 0.25) is 0 Å². The molecule has 1 unspecified atom stereocenters. The van der Waals surface area contributed by atoms with Crippen molar-refractivity contribution in [2.75, 3.05) is 6.54 Å². The summed E-state index contributed by atoms with van der Waals surface area (Å²) >= 11 is 0. The van der Waals surface area contributed by atoms with Crippen LogP contribution < -0.4 is 5.56 Å². The molecule has 0 saturated carbocycles. The second-order valence-corrected chi connectivity index (χ2v) is 7.40. The van der Waals surface area contributed by atoms with Crippen LogP contribution in [0.25, 0.3) is 5.82 Å². The lowest BCUT2D eigenvalue weighted by Gasteiger charge is -2.24. The maximum Gasteiger partial charge on any atom is 0.266 e. The molecule has 1 saturated heterocycles. The Hall–Kier alpha value is -2.74. The van der Waals surface area contributed by atoms with Crippen LogP contribution in [-0.4, -0.2) is 46.6 Å². The fraction of sp³-hybridized carbons (Fsp3) is 0.474. The molecule has 2 aliphatic rings. The van der Waals surface area contributed by atoms with Crippen LogP contribution in [0.3, 0.4) is 0 Å². The third kappa shape index (κ3) is 3.21. The summed E-state index contributed by atoms with van der Waals surface area (Å²) in [6.45, 7) is 3.54. The molecular formula is C19H23N7O. The topological polar surface area (TPSA) is 73.8 Å². The van der Waals surface area contributed by atoms with Gasteiger partial charge in [-0.2, -0.15) is 10.2 Å². The fourth-order valence-corrected chi connectivity index (χ4v) is 4.22. The van der Waals surface area contributed by atoms with Crippen LogP contribution in [0.4, 0.5) is 0 Å². The van der Waals surface area contributed by atoms with Crippen LogP contribution in [-0.2, 0) is 26.1 Å². The van der Waals surface area contributed by atoms with E-state index in [-0.39, 0.29) is 5.56 Å². The molecule has 2 aliphatic heterocycles. The molecule has 1 fully saturated rings. The van der Waals surface area contributed by atoms with Crippen molar-refractivity contribution in [3.8, 4) is 5.82 Å². The van der Waals surface area contributed by atoms with E-state index in [4.69, 9.17) is 5.10 Å². The van der Waals surface area contributed by atoms with Gasteiger partial charge in [-0.05, 0) is 44.4 Å². The van der Waals surface area contributed by atoms with Gasteiger partial charge in [0.05, 0.1) is 12.2 Å². The standard InChI is InChI=1S/C19H23N7O/c27-19-6-5-18(24-10-7-20-14-24)22-26(19)13-17-4-1-8-23(17)12-15-11-16-3-2-9-25(16)21-15/h5-7,10-11,14,17H,1-4,8-9,12-13H2. The zero-order valence-corrected chi connectivity index (χ0v) is 15.2. The van der Waals surface area contributed by atoms with Crippen molar-refractivity contribution < 1.29 is 0 Å². The highest BCUT2D eigenvalue weighted by molar-refractivity contribution is 5.19. The summed E-state index contributed by atoms with van der Waals surface area (Å²) in [5, 5.41) is 9.28. The van der Waals surface area contributed by atoms with Crippen molar-refractivity contribution in [1.29, 1.82) is 0 Å². The second-order valence-electron chi connectivity index (χ2n) is 7.40. The van der Waals surface area contributed by atoms with E-state index in [2.05, 4.69) is 25.7 Å². The van der Waals surface area contributed by atoms with Crippen molar-refractivity contribution in [3.05, 3.63) is 58.7 Å². The van der Waals surface area contributed by atoms with E-state index >= 15 is 0 Å². The van der Waals surface area contributed by atoms with E-state index in [1.54, 1.807) is 29.3 Å². The highest BCUT2D eigenvalue weighted by atomic mass is 16.1. The van der Waals surface area contributed by atoms with Crippen molar-refractivity contribution in [3.63, 3.8) is 0 Å². The summed E-state index contributed by atoms with van der Waals surface area (Å²) in [4.78, 5) is 18.8. The van der Waals surface area contributed by atoms with Crippen LogP contribution in [0, 0.1) is 0 Å². The maximum absolute atomic E-state index is 12.3. The number of aryl methyl sites for hydroxylation is 2. The van der Waals surface area contributed by atoms with E-state index < -0.39 is 0 Å². The minimum atomic E-state index is -0.0633. The van der Waals surface area contributed by atoms with Gasteiger partial charge in [0.15, 0.2) is 5.82 Å². The lowest BCUT2D eigenvalue weighted by molar-refractivity contribution is 0.213. The smallest absolute Gasteiger partial charge is 0.266 e. The third-order valence-electron chi connectivity index (χ3n) is 5.59. The van der Waals surface area contributed by atoms with Crippen molar-refractivity contribution in [1.82, 2.24) is 34.0 Å². The number of rotatable bonds is 5. The number of hydrogen-bond donors (Lipinski definition) is 0. The molecule has 5 heterocycles. The molecule has 0 aromatic carbocycles. The molecule has 27 heavy (non-hydrogen) atoms. The van der Waals surface area contributed by atoms with E-state index in [0.717, 1.165) is 44.6 Å². The summed E-state index contributed by atoms with van der Waals surface area (Å²) in [6.07, 6.45) is 9.80. The van der Waals surface area contributed by atoms with Gasteiger partial charge in [-0.1, -0.05) is 0 Å². The summed E-state index contributed by atoms with van der Waals surface area (Å²) in [5.41, 5.74) is 2.43. The molecule has 0 radical (unpaired) electrons. The lowest BCUT2D eigenvalue weighted by Crippen LogP contribution is -2.37. The van der Waals surface area contributed by atoms with E-state index in [1.165, 1.54) is 12.1 Å². The number of fused-ring (bicyclic) bond motifs is 1. The van der Waals surface area contributed by atoms with E-state index in [0.29, 0.717) is 18.4 Å². The Morgan fingerprint density at radius 2 is 2.11 bits per heavy atom. The Morgan fingerprint density at radius 3 is 2.96 bits per heavy atom. The number of nitrogens with zero attached hydrogens (tertiary/aromatic N) is 7. The first-order valence-electron chi connectivity index (χ1n) is 9.62. The second kappa shape index (κ2) is 6.77. The van der Waals surface area contributed by atoms with E-state index in [1.807, 2.05) is 10.8 Å². The molecule has 0 bridgehead atoms. The van der Waals surface area contributed by atoms with Crippen molar-refractivity contribution in [2.45, 2.75) is 51.4 Å². The highest BCUT2D eigenvalue weighted by Gasteiger charge is 2.27. The van der Waals surface area contributed by atoms with E-state index in [9.17, 15) is 4.79 Å². The molecular weight excluding hydrogens is 342 g/mol. The average Bonchev–Trinajstić information content (AvgIpc) is 3.42. The van der Waals surface area contributed by atoms with Gasteiger partial charge in [-0.15, -0.1) is 0 Å². The summed E-state index contributed by atoms with van der Waals surface area (Å²) in [7, 11) is 0. The van der Waals surface area contributed by atoms with Crippen LogP contribution in [0.5, 0.6) is 0 Å². The molecule has 0 aliphatic carbocycles. The predicted octanol–water partition coefficient (Wildman–Crippen LogP) is 1.24. The Morgan fingerprint density at radius 1 is 1.15 bits per heavy atom. The first-order valence-corrected chi connectivity index (χ1v) is 9.62. The Labute approximate surface area is 157 Å². The van der Waals surface area contributed by atoms with Gasteiger partial charge in [0.25, 0.3) is 5.56 Å². The molecule has 0 N–H and O–H groups in total. The van der Waals surface area contributed by atoms with Gasteiger partial charge < -0.3 is 0 Å². The fourth-order valence-electron chi connectivity index (χ4n) is 4.22. The molecule has 1 atom stereocenters. The quantitative estimate of drug-likeness (QED) is 0.680. The number of aromatic nitrogens is 6. The predicted molar refractivity (Wildman–Crippen MR) is 99.6 cm³/mol. The Bertz CT molecular complexity index is 966. The molecule has 8 heteroatoms. The summed E-state index contributed by atoms with van der Waals surface area (Å²) in [5.74, 6) is 0.710. The molecule has 0 spiro atoms. The summed E-state index contributed by atoms with van der Waals surface area (Å²) < 4.78 is 5.54. The molecule has 8 nitrogen and oxygen atoms in total. The normalized spacial score (nSPS) is 19.6. The lowest BCUT2D eigenvalue weighted by atomic mass is 10.2. The first kappa shape index (κ1) is 16.4. The largest absolute Gasteiger partial charge is 0.293 e. The van der Waals surface area contributed by atoms with Gasteiger partial charge in [-0.25, -0.2) is 9.67 Å². The minimum Gasteiger partial charge on any atom is -0.293 e. The van der Waals surface area contributed by atoms with Gasteiger partial charge in [0.2, 0.25) is 0 Å². The third-order valence-corrected chi connectivity index (χ3v) is 5.59. The maximum atomic E-state index is 12.3. The van der Waals surface area contributed by atoms with Crippen molar-refractivity contribution >= 4 is 0 Å². The van der Waals surface area contributed by atoms with Crippen LogP contribution in [0.15, 0.2) is 41.7 Å². The van der Waals surface area contributed by atoms with Crippen molar-refractivity contribution in [2.24, 2.45) is 0 Å². The van der Waals surface area contributed by atoms with Gasteiger partial charge in [0, 0.05) is 43.3 Å². The number of likely N-dealkylation sites (tertiary alicyclic amines) is 1. The highest BCUT2D eigenvalue weighted by Crippen LogP contribution is 2.22. The zero-order valence-electron chi connectivity index (χ0n) is 15.2. The zero-order chi connectivity index (χ0) is 18.2. The number of hydrogen-bond acceptors (Lipinski definition) is 5. The molecule has 0 amide bonds. The molecule has 5 rings (SSSR count). The SMILES string of the molecule is O=c1ccc(-n2ccnc2)nn1CC1CCCN1Cc1cc2n(n1)CCC2. The van der Waals surface area contributed by atoms with Crippen LogP contribution in [0.1, 0.15) is 30.7 Å². The first-order chi connectivity index (χ1) is 13.3. The Kier molecular flexibility index (Phi) is 4.12. The van der Waals surface area contributed by atoms with Gasteiger partial charge in [0.1, 0.15) is 6.33 Å². The van der Waals surface area contributed by atoms with Gasteiger partial charge >= 0.3 is 0 Å². The molecule has 3 aromatic rings. The number of imidazole rings is 1. The monoisotopic (exact) mass is 365 g/mol. The molecule has 140 valence electrons. The summed E-state index contributed by atoms with van der Waals surface area (Å²) in [6, 6.07) is 5.87. The molecule has 3 aromatic heterocycles. The van der Waals surface area contributed by atoms with Crippen LogP contribution >= 0.6 is 0 Å². The minimum absolute atomic E-state index is 0.0633.